The maximum absolute atomic E-state index is 12.4. The molecule has 0 saturated heterocycles. The molecule has 4 aromatic rings. The molecule has 0 aliphatic heterocycles. The molecule has 0 radical (unpaired) electrons. The number of aryl methyl sites for hydroxylation is 1. The lowest BCUT2D eigenvalue weighted by Gasteiger charge is -2.08. The summed E-state index contributed by atoms with van der Waals surface area (Å²) in [7, 11) is 0. The van der Waals surface area contributed by atoms with Crippen LogP contribution in [-0.2, 0) is 4.79 Å². The first-order valence-electron chi connectivity index (χ1n) is 10.1. The number of hydrogen-bond acceptors (Lipinski definition) is 5. The largest absolute Gasteiger partial charge is 0.322 e. The monoisotopic (exact) mass is 493 g/mol. The zero-order chi connectivity index (χ0) is 23.2. The first kappa shape index (κ1) is 23.0. The van der Waals surface area contributed by atoms with Crippen molar-refractivity contribution < 1.29 is 9.59 Å². The lowest BCUT2D eigenvalue weighted by atomic mass is 10.1. The lowest BCUT2D eigenvalue weighted by Crippen LogP contribution is -2.14. The Morgan fingerprint density at radius 3 is 2.45 bits per heavy atom. The molecule has 0 aliphatic rings. The standard InChI is InChI=1S/C25H20ClN3O2S2/c1-16-6-2-3-7-19(16)24(31)27-17-10-12-18(13-11-17)32-15-23(30)29-25-28-22(14-33-25)20-8-4-5-9-21(20)26/h2-14H,15H2,1H3,(H,27,31)(H,28,29,30). The molecular formula is C25H20ClN3O2S2. The van der Waals surface area contributed by atoms with Crippen molar-refractivity contribution in [3.63, 3.8) is 0 Å². The molecule has 1 heterocycles. The number of carbonyl (C=O) groups excluding carboxylic acids is 2. The Balaban J connectivity index is 1.29. The number of carbonyl (C=O) groups is 2. The highest BCUT2D eigenvalue weighted by molar-refractivity contribution is 8.00. The Kier molecular flexibility index (Phi) is 7.44. The smallest absolute Gasteiger partial charge is 0.255 e. The summed E-state index contributed by atoms with van der Waals surface area (Å²) in [6, 6.07) is 22.3. The van der Waals surface area contributed by atoms with E-state index in [2.05, 4.69) is 15.6 Å². The van der Waals surface area contributed by atoms with E-state index in [4.69, 9.17) is 11.6 Å². The summed E-state index contributed by atoms with van der Waals surface area (Å²) in [5.41, 5.74) is 3.84. The number of thiazole rings is 1. The van der Waals surface area contributed by atoms with Gasteiger partial charge >= 0.3 is 0 Å². The van der Waals surface area contributed by atoms with Crippen molar-refractivity contribution in [3.8, 4) is 11.3 Å². The second-order valence-electron chi connectivity index (χ2n) is 7.15. The number of halogens is 1. The van der Waals surface area contributed by atoms with Crippen molar-refractivity contribution >= 4 is 57.3 Å². The van der Waals surface area contributed by atoms with E-state index in [-0.39, 0.29) is 17.6 Å². The van der Waals surface area contributed by atoms with E-state index >= 15 is 0 Å². The van der Waals surface area contributed by atoms with Gasteiger partial charge in [-0.05, 0) is 48.9 Å². The summed E-state index contributed by atoms with van der Waals surface area (Å²) in [5, 5.41) is 8.75. The summed E-state index contributed by atoms with van der Waals surface area (Å²) in [5.74, 6) is -0.0416. The average Bonchev–Trinajstić information content (AvgIpc) is 3.27. The molecule has 0 bridgehead atoms. The molecule has 1 aromatic heterocycles. The lowest BCUT2D eigenvalue weighted by molar-refractivity contribution is -0.113. The van der Waals surface area contributed by atoms with Gasteiger partial charge in [-0.3, -0.25) is 9.59 Å². The summed E-state index contributed by atoms with van der Waals surface area (Å²) >= 11 is 8.99. The quantitative estimate of drug-likeness (QED) is 0.279. The van der Waals surface area contributed by atoms with E-state index in [1.54, 1.807) is 6.07 Å². The third kappa shape index (κ3) is 6.01. The maximum atomic E-state index is 12.4. The molecule has 0 aliphatic carbocycles. The molecule has 3 aromatic carbocycles. The minimum atomic E-state index is -0.146. The zero-order valence-electron chi connectivity index (χ0n) is 17.7. The van der Waals surface area contributed by atoms with Crippen LogP contribution in [0.15, 0.2) is 83.1 Å². The predicted octanol–water partition coefficient (Wildman–Crippen LogP) is 6.76. The second-order valence-corrected chi connectivity index (χ2v) is 9.46. The number of nitrogens with one attached hydrogen (secondary N) is 2. The average molecular weight is 494 g/mol. The first-order valence-corrected chi connectivity index (χ1v) is 12.3. The summed E-state index contributed by atoms with van der Waals surface area (Å²) < 4.78 is 0. The van der Waals surface area contributed by atoms with Crippen LogP contribution < -0.4 is 10.6 Å². The van der Waals surface area contributed by atoms with E-state index < -0.39 is 0 Å². The molecule has 0 saturated carbocycles. The van der Waals surface area contributed by atoms with Crippen molar-refractivity contribution in [1.82, 2.24) is 4.98 Å². The van der Waals surface area contributed by atoms with Crippen LogP contribution in [0.5, 0.6) is 0 Å². The van der Waals surface area contributed by atoms with Gasteiger partial charge in [0, 0.05) is 32.1 Å². The molecule has 8 heteroatoms. The van der Waals surface area contributed by atoms with Crippen LogP contribution in [0.4, 0.5) is 10.8 Å². The number of hydrogen-bond donors (Lipinski definition) is 2. The molecule has 0 spiro atoms. The Morgan fingerprint density at radius 2 is 1.70 bits per heavy atom. The van der Waals surface area contributed by atoms with Crippen LogP contribution in [0.1, 0.15) is 15.9 Å². The van der Waals surface area contributed by atoms with Crippen LogP contribution >= 0.6 is 34.7 Å². The Labute approximate surface area is 205 Å². The van der Waals surface area contributed by atoms with Crippen LogP contribution in [0.2, 0.25) is 5.02 Å². The van der Waals surface area contributed by atoms with E-state index in [1.165, 1.54) is 23.1 Å². The van der Waals surface area contributed by atoms with E-state index in [1.807, 2.05) is 79.0 Å². The van der Waals surface area contributed by atoms with Crippen molar-refractivity contribution in [2.75, 3.05) is 16.4 Å². The van der Waals surface area contributed by atoms with Gasteiger partial charge in [0.25, 0.3) is 5.91 Å². The van der Waals surface area contributed by atoms with Gasteiger partial charge in [-0.2, -0.15) is 0 Å². The summed E-state index contributed by atoms with van der Waals surface area (Å²) in [4.78, 5) is 30.2. The molecule has 2 amide bonds. The number of aromatic nitrogens is 1. The van der Waals surface area contributed by atoms with Gasteiger partial charge in [0.1, 0.15) is 0 Å². The number of nitrogens with zero attached hydrogens (tertiary/aromatic N) is 1. The highest BCUT2D eigenvalue weighted by Gasteiger charge is 2.11. The second kappa shape index (κ2) is 10.7. The van der Waals surface area contributed by atoms with Crippen molar-refractivity contribution in [3.05, 3.63) is 94.3 Å². The SMILES string of the molecule is Cc1ccccc1C(=O)Nc1ccc(SCC(=O)Nc2nc(-c3ccccc3Cl)cs2)cc1. The number of anilines is 2. The molecule has 4 rings (SSSR count). The highest BCUT2D eigenvalue weighted by Crippen LogP contribution is 2.30. The maximum Gasteiger partial charge on any atom is 0.255 e. The van der Waals surface area contributed by atoms with Crippen LogP contribution in [0.3, 0.4) is 0 Å². The van der Waals surface area contributed by atoms with Crippen LogP contribution in [0.25, 0.3) is 11.3 Å². The number of thioether (sulfide) groups is 1. The molecule has 0 unspecified atom stereocenters. The summed E-state index contributed by atoms with van der Waals surface area (Å²) in [6.07, 6.45) is 0. The molecule has 166 valence electrons. The number of amides is 2. The van der Waals surface area contributed by atoms with E-state index in [9.17, 15) is 9.59 Å². The normalized spacial score (nSPS) is 10.6. The van der Waals surface area contributed by atoms with Crippen LogP contribution in [0, 0.1) is 6.92 Å². The van der Waals surface area contributed by atoms with Crippen LogP contribution in [-0.4, -0.2) is 22.6 Å². The topological polar surface area (TPSA) is 71.1 Å². The van der Waals surface area contributed by atoms with Crippen molar-refractivity contribution in [1.29, 1.82) is 0 Å². The van der Waals surface area contributed by atoms with Crippen molar-refractivity contribution in [2.45, 2.75) is 11.8 Å². The first-order chi connectivity index (χ1) is 16.0. The molecule has 33 heavy (non-hydrogen) atoms. The third-order valence-electron chi connectivity index (χ3n) is 4.77. The Morgan fingerprint density at radius 1 is 0.970 bits per heavy atom. The molecule has 2 N–H and O–H groups in total. The van der Waals surface area contributed by atoms with Gasteiger partial charge < -0.3 is 10.6 Å². The van der Waals surface area contributed by atoms with Gasteiger partial charge in [0.15, 0.2) is 5.13 Å². The van der Waals surface area contributed by atoms with Gasteiger partial charge in [0.2, 0.25) is 5.91 Å². The molecule has 0 atom stereocenters. The summed E-state index contributed by atoms with van der Waals surface area (Å²) in [6.45, 7) is 1.91. The number of benzene rings is 3. The van der Waals surface area contributed by atoms with Crippen molar-refractivity contribution in [2.24, 2.45) is 0 Å². The Bertz CT molecular complexity index is 1290. The fourth-order valence-corrected chi connectivity index (χ4v) is 4.75. The fourth-order valence-electron chi connectivity index (χ4n) is 3.09. The van der Waals surface area contributed by atoms with Gasteiger partial charge in [-0.25, -0.2) is 4.98 Å². The third-order valence-corrected chi connectivity index (χ3v) is 6.87. The van der Waals surface area contributed by atoms with E-state index in [0.29, 0.717) is 21.4 Å². The predicted molar refractivity (Wildman–Crippen MR) is 137 cm³/mol. The van der Waals surface area contributed by atoms with E-state index in [0.717, 1.165) is 21.7 Å². The Hall–Kier alpha value is -3.13. The minimum Gasteiger partial charge on any atom is -0.322 e. The van der Waals surface area contributed by atoms with Gasteiger partial charge in [0.05, 0.1) is 11.4 Å². The highest BCUT2D eigenvalue weighted by atomic mass is 35.5. The van der Waals surface area contributed by atoms with Gasteiger partial charge in [-0.15, -0.1) is 23.1 Å². The fraction of sp³-hybridized carbons (Fsp3) is 0.0800. The zero-order valence-corrected chi connectivity index (χ0v) is 20.1. The molecule has 5 nitrogen and oxygen atoms in total. The molecule has 0 fully saturated rings. The number of rotatable bonds is 7. The van der Waals surface area contributed by atoms with Gasteiger partial charge in [-0.1, -0.05) is 48.0 Å². The minimum absolute atomic E-state index is 0.142. The molecular weight excluding hydrogens is 474 g/mol.